The Bertz CT molecular complexity index is 410. The highest BCUT2D eigenvalue weighted by Crippen LogP contribution is 2.29. The summed E-state index contributed by atoms with van der Waals surface area (Å²) in [7, 11) is 2.22. The number of nitrogens with zero attached hydrogens (tertiary/aromatic N) is 1. The van der Waals surface area contributed by atoms with E-state index in [1.807, 2.05) is 0 Å². The molecule has 0 aromatic heterocycles. The van der Waals surface area contributed by atoms with Gasteiger partial charge < -0.3 is 15.0 Å². The van der Waals surface area contributed by atoms with E-state index in [4.69, 9.17) is 4.74 Å². The van der Waals surface area contributed by atoms with Crippen LogP contribution in [-0.2, 0) is 11.3 Å². The molecule has 118 valence electrons. The second-order valence-electron chi connectivity index (χ2n) is 6.59. The van der Waals surface area contributed by atoms with Crippen molar-refractivity contribution in [2.45, 2.75) is 33.2 Å². The monoisotopic (exact) mass is 290 g/mol. The van der Waals surface area contributed by atoms with Crippen molar-refractivity contribution in [2.75, 3.05) is 39.9 Å². The van der Waals surface area contributed by atoms with Gasteiger partial charge in [-0.05, 0) is 38.9 Å². The van der Waals surface area contributed by atoms with Crippen LogP contribution in [0.15, 0.2) is 24.3 Å². The number of hydrogen-bond acceptors (Lipinski definition) is 3. The fraction of sp³-hybridized carbons (Fsp3) is 0.667. The van der Waals surface area contributed by atoms with E-state index in [1.54, 1.807) is 0 Å². The molecule has 2 rings (SSSR count). The fourth-order valence-electron chi connectivity index (χ4n) is 3.25. The molecule has 0 bridgehead atoms. The van der Waals surface area contributed by atoms with Gasteiger partial charge in [-0.25, -0.2) is 0 Å². The second kappa shape index (κ2) is 7.92. The van der Waals surface area contributed by atoms with Gasteiger partial charge in [0, 0.05) is 31.7 Å². The molecule has 1 heterocycles. The van der Waals surface area contributed by atoms with Gasteiger partial charge in [-0.2, -0.15) is 0 Å². The van der Waals surface area contributed by atoms with Gasteiger partial charge in [0.2, 0.25) is 0 Å². The third-order valence-corrected chi connectivity index (χ3v) is 4.33. The zero-order valence-electron chi connectivity index (χ0n) is 13.8. The van der Waals surface area contributed by atoms with Crippen LogP contribution in [0.5, 0.6) is 0 Å². The molecular formula is C18H30N2O. The van der Waals surface area contributed by atoms with Crippen LogP contribution in [0.4, 0.5) is 0 Å². The number of benzene rings is 1. The zero-order valence-corrected chi connectivity index (χ0v) is 13.8. The molecule has 1 aromatic rings. The normalized spacial score (nSPS) is 22.7. The third-order valence-electron chi connectivity index (χ3n) is 4.33. The van der Waals surface area contributed by atoms with Crippen molar-refractivity contribution in [3.63, 3.8) is 0 Å². The Hall–Kier alpha value is -0.900. The average Bonchev–Trinajstić information content (AvgIpc) is 2.48. The molecule has 1 aliphatic rings. The predicted octanol–water partition coefficient (Wildman–Crippen LogP) is 2.83. The molecule has 0 saturated carbocycles. The smallest absolute Gasteiger partial charge is 0.0546 e. The highest BCUT2D eigenvalue weighted by molar-refractivity contribution is 5.21. The summed E-state index contributed by atoms with van der Waals surface area (Å²) in [6, 6.07) is 8.86. The van der Waals surface area contributed by atoms with Crippen molar-refractivity contribution >= 4 is 0 Å². The molecule has 1 unspecified atom stereocenters. The third kappa shape index (κ3) is 5.10. The van der Waals surface area contributed by atoms with Gasteiger partial charge in [-0.1, -0.05) is 36.8 Å². The molecule has 0 spiro atoms. The van der Waals surface area contributed by atoms with Crippen molar-refractivity contribution < 1.29 is 4.74 Å². The second-order valence-corrected chi connectivity index (χ2v) is 6.59. The molecule has 21 heavy (non-hydrogen) atoms. The molecule has 1 aromatic carbocycles. The summed E-state index contributed by atoms with van der Waals surface area (Å²) >= 11 is 0. The van der Waals surface area contributed by atoms with Gasteiger partial charge in [-0.3, -0.25) is 0 Å². The quantitative estimate of drug-likeness (QED) is 0.836. The summed E-state index contributed by atoms with van der Waals surface area (Å²) in [4.78, 5) is 2.44. The van der Waals surface area contributed by atoms with E-state index in [0.29, 0.717) is 0 Å². The summed E-state index contributed by atoms with van der Waals surface area (Å²) in [5, 5.41) is 3.53. The van der Waals surface area contributed by atoms with Crippen molar-refractivity contribution in [1.82, 2.24) is 10.2 Å². The largest absolute Gasteiger partial charge is 0.381 e. The van der Waals surface area contributed by atoms with Gasteiger partial charge >= 0.3 is 0 Å². The molecule has 1 N–H and O–H groups in total. The number of nitrogens with one attached hydrogen (secondary N) is 1. The lowest BCUT2D eigenvalue weighted by atomic mass is 9.81. The van der Waals surface area contributed by atoms with Crippen LogP contribution in [0.2, 0.25) is 0 Å². The van der Waals surface area contributed by atoms with Crippen molar-refractivity contribution in [2.24, 2.45) is 5.41 Å². The van der Waals surface area contributed by atoms with E-state index in [0.717, 1.165) is 39.4 Å². The molecule has 3 nitrogen and oxygen atoms in total. The van der Waals surface area contributed by atoms with E-state index < -0.39 is 0 Å². The summed E-state index contributed by atoms with van der Waals surface area (Å²) in [5.41, 5.74) is 2.98. The first kappa shape index (κ1) is 16.5. The Morgan fingerprint density at radius 1 is 1.29 bits per heavy atom. The molecule has 0 aliphatic carbocycles. The molecular weight excluding hydrogens is 260 g/mol. The Kier molecular flexibility index (Phi) is 6.22. The summed E-state index contributed by atoms with van der Waals surface area (Å²) in [6.07, 6.45) is 2.45. The molecule has 0 amide bonds. The summed E-state index contributed by atoms with van der Waals surface area (Å²) in [6.45, 7) is 10.3. The summed E-state index contributed by atoms with van der Waals surface area (Å²) < 4.78 is 5.78. The van der Waals surface area contributed by atoms with E-state index in [1.165, 1.54) is 24.0 Å². The lowest BCUT2D eigenvalue weighted by molar-refractivity contribution is -0.0234. The number of aryl methyl sites for hydroxylation is 1. The Morgan fingerprint density at radius 3 is 2.67 bits per heavy atom. The minimum absolute atomic E-state index is 0.272. The first-order valence-electron chi connectivity index (χ1n) is 8.16. The van der Waals surface area contributed by atoms with Crippen LogP contribution in [0.3, 0.4) is 0 Å². The fourth-order valence-corrected chi connectivity index (χ4v) is 3.25. The van der Waals surface area contributed by atoms with Crippen LogP contribution >= 0.6 is 0 Å². The van der Waals surface area contributed by atoms with E-state index in [9.17, 15) is 0 Å². The zero-order chi connectivity index (χ0) is 15.1. The summed E-state index contributed by atoms with van der Waals surface area (Å²) in [5.74, 6) is 0. The maximum absolute atomic E-state index is 5.78. The Labute approximate surface area is 129 Å². The first-order valence-corrected chi connectivity index (χ1v) is 8.16. The lowest BCUT2D eigenvalue weighted by Crippen LogP contribution is -2.48. The van der Waals surface area contributed by atoms with E-state index in [2.05, 4.69) is 55.4 Å². The molecule has 1 aliphatic heterocycles. The SMILES string of the molecule is CCNCC1(CN(C)Cc2ccc(C)cc2)CCCOC1. The average molecular weight is 290 g/mol. The Morgan fingerprint density at radius 2 is 2.05 bits per heavy atom. The van der Waals surface area contributed by atoms with Gasteiger partial charge in [0.05, 0.1) is 6.61 Å². The maximum atomic E-state index is 5.78. The van der Waals surface area contributed by atoms with Crippen LogP contribution in [0.1, 0.15) is 30.9 Å². The van der Waals surface area contributed by atoms with Gasteiger partial charge in [-0.15, -0.1) is 0 Å². The highest BCUT2D eigenvalue weighted by Gasteiger charge is 2.33. The first-order chi connectivity index (χ1) is 10.1. The van der Waals surface area contributed by atoms with Gasteiger partial charge in [0.1, 0.15) is 0 Å². The molecule has 1 saturated heterocycles. The molecule has 1 fully saturated rings. The van der Waals surface area contributed by atoms with Gasteiger partial charge in [0.15, 0.2) is 0 Å². The molecule has 3 heteroatoms. The van der Waals surface area contributed by atoms with Crippen molar-refractivity contribution in [1.29, 1.82) is 0 Å². The molecule has 0 radical (unpaired) electrons. The lowest BCUT2D eigenvalue weighted by Gasteiger charge is -2.40. The standard InChI is InChI=1S/C18H30N2O/c1-4-19-13-18(10-5-11-21-15-18)14-20(3)12-17-8-6-16(2)7-9-17/h6-9,19H,4-5,10-15H2,1-3H3. The highest BCUT2D eigenvalue weighted by atomic mass is 16.5. The predicted molar refractivity (Wildman–Crippen MR) is 88.5 cm³/mol. The van der Waals surface area contributed by atoms with Crippen LogP contribution in [-0.4, -0.2) is 44.8 Å². The minimum atomic E-state index is 0.272. The number of hydrogen-bond donors (Lipinski definition) is 1. The number of ether oxygens (including phenoxy) is 1. The van der Waals surface area contributed by atoms with Crippen molar-refractivity contribution in [3.8, 4) is 0 Å². The van der Waals surface area contributed by atoms with Crippen LogP contribution in [0, 0.1) is 12.3 Å². The van der Waals surface area contributed by atoms with Crippen LogP contribution < -0.4 is 5.32 Å². The van der Waals surface area contributed by atoms with E-state index >= 15 is 0 Å². The number of rotatable bonds is 7. The van der Waals surface area contributed by atoms with Crippen molar-refractivity contribution in [3.05, 3.63) is 35.4 Å². The van der Waals surface area contributed by atoms with Gasteiger partial charge in [0.25, 0.3) is 0 Å². The molecule has 1 atom stereocenters. The topological polar surface area (TPSA) is 24.5 Å². The Balaban J connectivity index is 1.93. The maximum Gasteiger partial charge on any atom is 0.0546 e. The van der Waals surface area contributed by atoms with E-state index in [-0.39, 0.29) is 5.41 Å². The van der Waals surface area contributed by atoms with Crippen LogP contribution in [0.25, 0.3) is 0 Å². The minimum Gasteiger partial charge on any atom is -0.381 e.